The molecule has 0 saturated heterocycles. The van der Waals surface area contributed by atoms with Crippen LogP contribution in [0.25, 0.3) is 35.4 Å². The van der Waals surface area contributed by atoms with Crippen molar-refractivity contribution >= 4 is 59.5 Å². The minimum absolute atomic E-state index is 0.509. The van der Waals surface area contributed by atoms with Gasteiger partial charge in [-0.1, -0.05) is 119 Å². The lowest BCUT2D eigenvalue weighted by atomic mass is 10.0. The molecule has 170 valence electrons. The molecule has 0 amide bonds. The SMILES string of the molecule is OOOSc1cc(/C=C/c2ccc(-c3ccc(/C=C/c4ccc(Cl)cc4)cc3)cc2)ccc1Cl. The first-order valence-electron chi connectivity index (χ1n) is 10.4. The van der Waals surface area contributed by atoms with E-state index in [1.807, 2.05) is 48.6 Å². The number of rotatable bonds is 8. The summed E-state index contributed by atoms with van der Waals surface area (Å²) >= 11 is 12.9. The third kappa shape index (κ3) is 6.84. The molecule has 0 aliphatic heterocycles. The lowest BCUT2D eigenvalue weighted by Crippen LogP contribution is -1.82. The Morgan fingerprint density at radius 3 is 1.53 bits per heavy atom. The molecule has 0 heterocycles. The molecule has 4 aromatic rings. The van der Waals surface area contributed by atoms with Gasteiger partial charge >= 0.3 is 0 Å². The Morgan fingerprint density at radius 2 is 1.03 bits per heavy atom. The Kier molecular flexibility index (Phi) is 8.61. The minimum atomic E-state index is 0.509. The molecule has 0 unspecified atom stereocenters. The molecule has 0 saturated carbocycles. The molecule has 0 atom stereocenters. The van der Waals surface area contributed by atoms with Gasteiger partial charge in [0, 0.05) is 5.02 Å². The van der Waals surface area contributed by atoms with Crippen molar-refractivity contribution in [2.45, 2.75) is 4.90 Å². The van der Waals surface area contributed by atoms with E-state index in [1.54, 1.807) is 6.07 Å². The van der Waals surface area contributed by atoms with Crippen molar-refractivity contribution in [1.29, 1.82) is 0 Å². The average molecular weight is 507 g/mol. The zero-order valence-electron chi connectivity index (χ0n) is 17.9. The summed E-state index contributed by atoms with van der Waals surface area (Å²) in [6.07, 6.45) is 8.17. The van der Waals surface area contributed by atoms with E-state index in [0.29, 0.717) is 9.92 Å². The van der Waals surface area contributed by atoms with Crippen LogP contribution in [0.3, 0.4) is 0 Å². The van der Waals surface area contributed by atoms with E-state index in [9.17, 15) is 0 Å². The van der Waals surface area contributed by atoms with Gasteiger partial charge in [0.15, 0.2) is 0 Å². The number of hydrogen-bond donors (Lipinski definition) is 1. The second-order valence-electron chi connectivity index (χ2n) is 7.38. The summed E-state index contributed by atoms with van der Waals surface area (Å²) in [7, 11) is 0. The fraction of sp³-hybridized carbons (Fsp3) is 0. The Morgan fingerprint density at radius 1 is 0.588 bits per heavy atom. The van der Waals surface area contributed by atoms with Crippen molar-refractivity contribution in [3.63, 3.8) is 0 Å². The number of benzene rings is 4. The van der Waals surface area contributed by atoms with Crippen molar-refractivity contribution in [2.75, 3.05) is 0 Å². The third-order valence-electron chi connectivity index (χ3n) is 5.07. The fourth-order valence-electron chi connectivity index (χ4n) is 3.27. The molecule has 0 aromatic heterocycles. The van der Waals surface area contributed by atoms with Gasteiger partial charge in [0.2, 0.25) is 0 Å². The molecule has 1 N–H and O–H groups in total. The standard InChI is InChI=1S/C28H20Cl2O3S/c29-26-16-9-22(10-17-26)2-1-20-5-12-24(13-6-20)25-14-7-21(8-15-25)3-4-23-11-18-27(30)28(19-23)34-33-32-31/h1-19,31H/b2-1+,4-3+. The first-order chi connectivity index (χ1) is 16.6. The largest absolute Gasteiger partial charge is 0.220 e. The lowest BCUT2D eigenvalue weighted by molar-refractivity contribution is -0.432. The Bertz CT molecular complexity index is 1280. The molecule has 0 aliphatic carbocycles. The molecule has 4 rings (SSSR count). The smallest absolute Gasteiger partial charge is 0.0730 e. The van der Waals surface area contributed by atoms with Gasteiger partial charge < -0.3 is 0 Å². The molecule has 34 heavy (non-hydrogen) atoms. The minimum Gasteiger partial charge on any atom is -0.220 e. The van der Waals surface area contributed by atoms with Crippen molar-refractivity contribution in [3.05, 3.63) is 123 Å². The lowest BCUT2D eigenvalue weighted by Gasteiger charge is -2.04. The van der Waals surface area contributed by atoms with Crippen molar-refractivity contribution in [1.82, 2.24) is 0 Å². The van der Waals surface area contributed by atoms with Crippen molar-refractivity contribution in [2.24, 2.45) is 0 Å². The maximum atomic E-state index is 8.33. The van der Waals surface area contributed by atoms with Crippen LogP contribution < -0.4 is 0 Å². The van der Waals surface area contributed by atoms with E-state index in [2.05, 4.69) is 70.1 Å². The highest BCUT2D eigenvalue weighted by Gasteiger charge is 2.04. The van der Waals surface area contributed by atoms with Crippen LogP contribution in [-0.4, -0.2) is 5.26 Å². The van der Waals surface area contributed by atoms with Gasteiger partial charge in [-0.05, 0) is 57.6 Å². The van der Waals surface area contributed by atoms with Crippen LogP contribution in [0.4, 0.5) is 0 Å². The number of hydrogen-bond acceptors (Lipinski definition) is 4. The maximum absolute atomic E-state index is 8.33. The van der Waals surface area contributed by atoms with E-state index in [4.69, 9.17) is 28.5 Å². The molecule has 4 aromatic carbocycles. The van der Waals surface area contributed by atoms with Gasteiger partial charge in [0.05, 0.1) is 22.0 Å². The van der Waals surface area contributed by atoms with Gasteiger partial charge in [-0.3, -0.25) is 0 Å². The number of halogens is 2. The summed E-state index contributed by atoms with van der Waals surface area (Å²) < 4.78 is 4.47. The van der Waals surface area contributed by atoms with Crippen molar-refractivity contribution in [3.8, 4) is 11.1 Å². The van der Waals surface area contributed by atoms with Crippen LogP contribution in [0.2, 0.25) is 10.0 Å². The molecule has 0 aliphatic rings. The summed E-state index contributed by atoms with van der Waals surface area (Å²) in [4.78, 5) is 0.639. The van der Waals surface area contributed by atoms with E-state index >= 15 is 0 Å². The molecule has 6 heteroatoms. The summed E-state index contributed by atoms with van der Waals surface area (Å²) in [5.74, 6) is 0. The second kappa shape index (κ2) is 12.0. The molecule has 0 bridgehead atoms. The Labute approximate surface area is 213 Å². The van der Waals surface area contributed by atoms with Crippen LogP contribution >= 0.6 is 35.2 Å². The fourth-order valence-corrected chi connectivity index (χ4v) is 4.05. The van der Waals surface area contributed by atoms with Crippen LogP contribution in [0, 0.1) is 0 Å². The highest BCUT2D eigenvalue weighted by Crippen LogP contribution is 2.29. The Balaban J connectivity index is 1.41. The molecule has 3 nitrogen and oxygen atoms in total. The maximum Gasteiger partial charge on any atom is 0.0730 e. The molecule has 0 radical (unpaired) electrons. The quantitative estimate of drug-likeness (QED) is 0.112. The summed E-state index contributed by atoms with van der Waals surface area (Å²) in [5.41, 5.74) is 6.57. The van der Waals surface area contributed by atoms with Gasteiger partial charge in [0.1, 0.15) is 0 Å². The van der Waals surface area contributed by atoms with Crippen LogP contribution in [0.15, 0.2) is 95.9 Å². The van der Waals surface area contributed by atoms with Crippen molar-refractivity contribution < 1.29 is 14.6 Å². The zero-order valence-corrected chi connectivity index (χ0v) is 20.2. The van der Waals surface area contributed by atoms with E-state index < -0.39 is 0 Å². The average Bonchev–Trinajstić information content (AvgIpc) is 2.88. The first kappa shape index (κ1) is 24.3. The highest BCUT2D eigenvalue weighted by molar-refractivity contribution is 7.94. The van der Waals surface area contributed by atoms with Crippen LogP contribution in [0.5, 0.6) is 0 Å². The first-order valence-corrected chi connectivity index (χ1v) is 11.9. The molecular formula is C28H20Cl2O3S. The topological polar surface area (TPSA) is 38.7 Å². The second-order valence-corrected chi connectivity index (χ2v) is 8.96. The van der Waals surface area contributed by atoms with E-state index in [-0.39, 0.29) is 0 Å². The van der Waals surface area contributed by atoms with E-state index in [0.717, 1.165) is 50.4 Å². The normalized spacial score (nSPS) is 11.5. The summed E-state index contributed by atoms with van der Waals surface area (Å²) in [6.45, 7) is 0. The molecule has 0 spiro atoms. The predicted molar refractivity (Wildman–Crippen MR) is 143 cm³/mol. The Hall–Kier alpha value is -2.83. The van der Waals surface area contributed by atoms with Gasteiger partial charge in [-0.25, -0.2) is 5.26 Å². The predicted octanol–water partition coefficient (Wildman–Crippen LogP) is 9.43. The monoisotopic (exact) mass is 506 g/mol. The third-order valence-corrected chi connectivity index (χ3v) is 6.41. The van der Waals surface area contributed by atoms with Gasteiger partial charge in [0.25, 0.3) is 0 Å². The van der Waals surface area contributed by atoms with Crippen LogP contribution in [0.1, 0.15) is 22.3 Å². The summed E-state index contributed by atoms with van der Waals surface area (Å²) in [5, 5.41) is 13.2. The zero-order chi connectivity index (χ0) is 23.8. The summed E-state index contributed by atoms with van der Waals surface area (Å²) in [6, 6.07) is 30.1. The van der Waals surface area contributed by atoms with Crippen LogP contribution in [-0.2, 0) is 9.37 Å². The van der Waals surface area contributed by atoms with E-state index in [1.165, 1.54) is 0 Å². The molecular weight excluding hydrogens is 487 g/mol. The van der Waals surface area contributed by atoms with Gasteiger partial charge in [-0.2, -0.15) is 0 Å². The van der Waals surface area contributed by atoms with Gasteiger partial charge in [-0.15, -0.1) is 4.33 Å². The molecule has 0 fully saturated rings. The highest BCUT2D eigenvalue weighted by atomic mass is 35.5.